The third-order valence-corrected chi connectivity index (χ3v) is 4.97. The Hall–Kier alpha value is -3.38. The second kappa shape index (κ2) is 9.89. The van der Waals surface area contributed by atoms with E-state index in [1.165, 1.54) is 6.42 Å². The highest BCUT2D eigenvalue weighted by Gasteiger charge is 2.17. The molecule has 0 unspecified atom stereocenters. The third-order valence-electron chi connectivity index (χ3n) is 4.97. The SMILES string of the molecule is O=C(Nc1cccnc1)c1cc(OC[C@H]2CCCN2)ccc1OCc1ccccc1. The number of aromatic nitrogens is 1. The molecule has 6 nitrogen and oxygen atoms in total. The molecule has 6 heteroatoms. The Labute approximate surface area is 176 Å². The molecular formula is C24H25N3O3. The van der Waals surface area contributed by atoms with Crippen LogP contribution < -0.4 is 20.1 Å². The summed E-state index contributed by atoms with van der Waals surface area (Å²) in [4.78, 5) is 17.0. The zero-order valence-corrected chi connectivity index (χ0v) is 16.7. The highest BCUT2D eigenvalue weighted by molar-refractivity contribution is 6.06. The summed E-state index contributed by atoms with van der Waals surface area (Å²) < 4.78 is 11.9. The largest absolute Gasteiger partial charge is 0.492 e. The maximum atomic E-state index is 13.0. The highest BCUT2D eigenvalue weighted by atomic mass is 16.5. The van der Waals surface area contributed by atoms with Gasteiger partial charge in [-0.1, -0.05) is 30.3 Å². The predicted octanol–water partition coefficient (Wildman–Crippen LogP) is 4.04. The second-order valence-electron chi connectivity index (χ2n) is 7.23. The number of nitrogens with one attached hydrogen (secondary N) is 2. The van der Waals surface area contributed by atoms with Gasteiger partial charge in [-0.2, -0.15) is 0 Å². The molecule has 3 aromatic rings. The molecule has 2 N–H and O–H groups in total. The van der Waals surface area contributed by atoms with Crippen molar-refractivity contribution in [1.82, 2.24) is 10.3 Å². The smallest absolute Gasteiger partial charge is 0.259 e. The lowest BCUT2D eigenvalue weighted by Gasteiger charge is -2.16. The van der Waals surface area contributed by atoms with Gasteiger partial charge in [0.25, 0.3) is 5.91 Å². The minimum Gasteiger partial charge on any atom is -0.492 e. The number of nitrogens with zero attached hydrogens (tertiary/aromatic N) is 1. The number of anilines is 1. The summed E-state index contributed by atoms with van der Waals surface area (Å²) in [6.45, 7) is 1.98. The Morgan fingerprint density at radius 3 is 2.77 bits per heavy atom. The average Bonchev–Trinajstić information content (AvgIpc) is 3.32. The van der Waals surface area contributed by atoms with Crippen LogP contribution in [-0.4, -0.2) is 30.1 Å². The maximum absolute atomic E-state index is 13.0. The monoisotopic (exact) mass is 403 g/mol. The summed E-state index contributed by atoms with van der Waals surface area (Å²) in [6, 6.07) is 19.1. The molecule has 1 atom stereocenters. The summed E-state index contributed by atoms with van der Waals surface area (Å²) in [5.41, 5.74) is 2.08. The second-order valence-corrected chi connectivity index (χ2v) is 7.23. The van der Waals surface area contributed by atoms with Crippen LogP contribution in [0.15, 0.2) is 73.1 Å². The molecule has 30 heavy (non-hydrogen) atoms. The number of carbonyl (C=O) groups is 1. The van der Waals surface area contributed by atoms with Gasteiger partial charge >= 0.3 is 0 Å². The molecule has 1 aliphatic rings. The van der Waals surface area contributed by atoms with Crippen molar-refractivity contribution in [2.24, 2.45) is 0 Å². The molecule has 0 aliphatic carbocycles. The summed E-state index contributed by atoms with van der Waals surface area (Å²) in [5, 5.41) is 6.28. The topological polar surface area (TPSA) is 72.5 Å². The van der Waals surface area contributed by atoms with E-state index in [0.29, 0.717) is 42.0 Å². The quantitative estimate of drug-likeness (QED) is 0.594. The molecular weight excluding hydrogens is 378 g/mol. The normalized spacial score (nSPS) is 15.5. The fourth-order valence-corrected chi connectivity index (χ4v) is 3.37. The lowest BCUT2D eigenvalue weighted by atomic mass is 10.1. The molecule has 154 valence electrons. The number of hydrogen-bond acceptors (Lipinski definition) is 5. The Bertz CT molecular complexity index is 958. The lowest BCUT2D eigenvalue weighted by Crippen LogP contribution is -2.28. The third kappa shape index (κ3) is 5.36. The molecule has 1 amide bonds. The minimum atomic E-state index is -0.268. The number of pyridine rings is 1. The predicted molar refractivity (Wildman–Crippen MR) is 116 cm³/mol. The number of carbonyl (C=O) groups excluding carboxylic acids is 1. The van der Waals surface area contributed by atoms with E-state index >= 15 is 0 Å². The number of hydrogen-bond donors (Lipinski definition) is 2. The Kier molecular flexibility index (Phi) is 6.57. The number of rotatable bonds is 8. The van der Waals surface area contributed by atoms with Gasteiger partial charge in [-0.3, -0.25) is 9.78 Å². The van der Waals surface area contributed by atoms with Crippen molar-refractivity contribution in [2.75, 3.05) is 18.5 Å². The van der Waals surface area contributed by atoms with Gasteiger partial charge < -0.3 is 20.1 Å². The van der Waals surface area contributed by atoms with E-state index in [-0.39, 0.29) is 5.91 Å². The van der Waals surface area contributed by atoms with Gasteiger partial charge in [-0.15, -0.1) is 0 Å². The van der Waals surface area contributed by atoms with Crippen molar-refractivity contribution in [1.29, 1.82) is 0 Å². The number of amides is 1. The van der Waals surface area contributed by atoms with E-state index in [1.54, 1.807) is 36.7 Å². The van der Waals surface area contributed by atoms with Crippen molar-refractivity contribution in [3.8, 4) is 11.5 Å². The highest BCUT2D eigenvalue weighted by Crippen LogP contribution is 2.27. The maximum Gasteiger partial charge on any atom is 0.259 e. The van der Waals surface area contributed by atoms with Crippen LogP contribution in [0.25, 0.3) is 0 Å². The summed E-state index contributed by atoms with van der Waals surface area (Å²) in [5.74, 6) is 0.884. The van der Waals surface area contributed by atoms with Crippen molar-refractivity contribution in [2.45, 2.75) is 25.5 Å². The van der Waals surface area contributed by atoms with E-state index in [9.17, 15) is 4.79 Å². The fraction of sp³-hybridized carbons (Fsp3) is 0.250. The summed E-state index contributed by atoms with van der Waals surface area (Å²) >= 11 is 0. The first-order chi connectivity index (χ1) is 14.8. The Morgan fingerprint density at radius 2 is 2.00 bits per heavy atom. The lowest BCUT2D eigenvalue weighted by molar-refractivity contribution is 0.102. The molecule has 1 saturated heterocycles. The van der Waals surface area contributed by atoms with Crippen molar-refractivity contribution in [3.63, 3.8) is 0 Å². The molecule has 2 heterocycles. The van der Waals surface area contributed by atoms with Gasteiger partial charge in [-0.25, -0.2) is 0 Å². The summed E-state index contributed by atoms with van der Waals surface area (Å²) in [7, 11) is 0. The van der Waals surface area contributed by atoms with E-state index < -0.39 is 0 Å². The van der Waals surface area contributed by atoms with Gasteiger partial charge in [0.15, 0.2) is 0 Å². The van der Waals surface area contributed by atoms with Gasteiger partial charge in [0.2, 0.25) is 0 Å². The van der Waals surface area contributed by atoms with Crippen LogP contribution in [0, 0.1) is 0 Å². The van der Waals surface area contributed by atoms with Crippen LogP contribution in [0.3, 0.4) is 0 Å². The number of benzene rings is 2. The van der Waals surface area contributed by atoms with Crippen molar-refractivity contribution >= 4 is 11.6 Å². The molecule has 0 saturated carbocycles. The molecule has 1 aromatic heterocycles. The molecule has 0 spiro atoms. The Morgan fingerprint density at radius 1 is 1.10 bits per heavy atom. The zero-order valence-electron chi connectivity index (χ0n) is 16.7. The summed E-state index contributed by atoms with van der Waals surface area (Å²) in [6.07, 6.45) is 5.54. The Balaban J connectivity index is 1.51. The van der Waals surface area contributed by atoms with Crippen LogP contribution in [0.1, 0.15) is 28.8 Å². The van der Waals surface area contributed by atoms with Gasteiger partial charge in [0, 0.05) is 12.2 Å². The van der Waals surface area contributed by atoms with E-state index in [0.717, 1.165) is 18.5 Å². The molecule has 0 bridgehead atoms. The van der Waals surface area contributed by atoms with Crippen LogP contribution in [0.2, 0.25) is 0 Å². The van der Waals surface area contributed by atoms with E-state index in [4.69, 9.17) is 9.47 Å². The van der Waals surface area contributed by atoms with Crippen LogP contribution >= 0.6 is 0 Å². The van der Waals surface area contributed by atoms with Gasteiger partial charge in [-0.05, 0) is 55.3 Å². The van der Waals surface area contributed by atoms with E-state index in [1.807, 2.05) is 36.4 Å². The van der Waals surface area contributed by atoms with Gasteiger partial charge in [0.1, 0.15) is 24.7 Å². The molecule has 1 fully saturated rings. The van der Waals surface area contributed by atoms with Gasteiger partial charge in [0.05, 0.1) is 17.4 Å². The van der Waals surface area contributed by atoms with Crippen LogP contribution in [0.4, 0.5) is 5.69 Å². The molecule has 1 aliphatic heterocycles. The van der Waals surface area contributed by atoms with Crippen molar-refractivity contribution < 1.29 is 14.3 Å². The fourth-order valence-electron chi connectivity index (χ4n) is 3.37. The molecule has 4 rings (SSSR count). The zero-order chi connectivity index (χ0) is 20.6. The minimum absolute atomic E-state index is 0.268. The molecule has 2 aromatic carbocycles. The molecule has 0 radical (unpaired) electrons. The number of ether oxygens (including phenoxy) is 2. The van der Waals surface area contributed by atoms with Crippen LogP contribution in [0.5, 0.6) is 11.5 Å². The van der Waals surface area contributed by atoms with Crippen LogP contribution in [-0.2, 0) is 6.61 Å². The van der Waals surface area contributed by atoms with E-state index in [2.05, 4.69) is 15.6 Å². The first kappa shape index (κ1) is 19.9. The average molecular weight is 403 g/mol. The first-order valence-electron chi connectivity index (χ1n) is 10.2. The first-order valence-corrected chi connectivity index (χ1v) is 10.2. The van der Waals surface area contributed by atoms with Crippen molar-refractivity contribution in [3.05, 3.63) is 84.2 Å². The standard InChI is InChI=1S/C24H25N3O3/c28-24(27-19-8-4-12-25-15-19)22-14-21(29-17-20-9-5-13-26-20)10-11-23(22)30-16-18-6-2-1-3-7-18/h1-4,6-8,10-12,14-15,20,26H,5,9,13,16-17H2,(H,27,28)/t20-/m1/s1.